The molecule has 2 aliphatic heterocycles. The summed E-state index contributed by atoms with van der Waals surface area (Å²) in [5, 5.41) is 3.29. The summed E-state index contributed by atoms with van der Waals surface area (Å²) in [5.74, 6) is 1.79. The largest absolute Gasteiger partial charge is 0.339 e. The minimum atomic E-state index is 0.255. The number of nitrogens with one attached hydrogen (secondary N) is 1. The molecule has 0 radical (unpaired) electrons. The van der Waals surface area contributed by atoms with Crippen molar-refractivity contribution in [2.45, 2.75) is 12.5 Å². The highest BCUT2D eigenvalue weighted by atomic mass is 32.2. The van der Waals surface area contributed by atoms with E-state index in [1.807, 2.05) is 24.0 Å². The van der Waals surface area contributed by atoms with Crippen molar-refractivity contribution in [3.63, 3.8) is 0 Å². The van der Waals surface area contributed by atoms with Gasteiger partial charge in [0.1, 0.15) is 0 Å². The van der Waals surface area contributed by atoms with Crippen LogP contribution in [0.2, 0.25) is 0 Å². The van der Waals surface area contributed by atoms with Gasteiger partial charge in [-0.1, -0.05) is 0 Å². The minimum Gasteiger partial charge on any atom is -0.339 e. The molecule has 0 amide bonds. The molecule has 3 N–H and O–H groups in total. The molecule has 1 aromatic heterocycles. The number of rotatable bonds is 2. The van der Waals surface area contributed by atoms with Crippen molar-refractivity contribution in [3.05, 3.63) is 22.9 Å². The Bertz CT molecular complexity index is 454. The van der Waals surface area contributed by atoms with Gasteiger partial charge in [0.15, 0.2) is 0 Å². The Hall–Kier alpha value is -1.11. The van der Waals surface area contributed by atoms with E-state index in [0.29, 0.717) is 0 Å². The molecule has 0 spiro atoms. The molecule has 0 saturated carbocycles. The fourth-order valence-corrected chi connectivity index (χ4v) is 2.99. The Balaban J connectivity index is 1.78. The number of hydrogen-bond acceptors (Lipinski definition) is 6. The molecule has 3 heterocycles. The molecule has 1 atom stereocenters. The molecular formula is C12H17N5S. The molecule has 0 bridgehead atoms. The van der Waals surface area contributed by atoms with Crippen molar-refractivity contribution >= 4 is 23.8 Å². The Morgan fingerprint density at radius 3 is 3.22 bits per heavy atom. The first-order valence-electron chi connectivity index (χ1n) is 6.19. The van der Waals surface area contributed by atoms with Crippen LogP contribution >= 0.6 is 11.8 Å². The van der Waals surface area contributed by atoms with Crippen LogP contribution in [0.25, 0.3) is 6.08 Å². The smallest absolute Gasteiger partial charge is 0.225 e. The quantitative estimate of drug-likeness (QED) is 0.816. The second kappa shape index (κ2) is 5.26. The van der Waals surface area contributed by atoms with Crippen LogP contribution in [-0.2, 0) is 0 Å². The Kier molecular flexibility index (Phi) is 3.49. The van der Waals surface area contributed by atoms with Crippen LogP contribution in [0.15, 0.2) is 17.2 Å². The predicted molar refractivity (Wildman–Crippen MR) is 75.3 cm³/mol. The zero-order valence-electron chi connectivity index (χ0n) is 10.2. The van der Waals surface area contributed by atoms with Gasteiger partial charge < -0.3 is 16.0 Å². The van der Waals surface area contributed by atoms with Gasteiger partial charge in [0.05, 0.1) is 5.69 Å². The number of hydrogen-bond donors (Lipinski definition) is 2. The second-order valence-corrected chi connectivity index (χ2v) is 5.70. The zero-order chi connectivity index (χ0) is 12.4. The lowest BCUT2D eigenvalue weighted by Crippen LogP contribution is -2.27. The molecule has 18 heavy (non-hydrogen) atoms. The van der Waals surface area contributed by atoms with Crippen molar-refractivity contribution in [1.82, 2.24) is 15.3 Å². The first-order valence-corrected chi connectivity index (χ1v) is 7.17. The first kappa shape index (κ1) is 12.0. The van der Waals surface area contributed by atoms with E-state index in [9.17, 15) is 0 Å². The normalized spacial score (nSPS) is 26.2. The third-order valence-corrected chi connectivity index (χ3v) is 4.12. The van der Waals surface area contributed by atoms with Gasteiger partial charge in [-0.3, -0.25) is 0 Å². The van der Waals surface area contributed by atoms with E-state index in [2.05, 4.69) is 26.3 Å². The van der Waals surface area contributed by atoms with E-state index in [4.69, 9.17) is 5.73 Å². The van der Waals surface area contributed by atoms with E-state index in [-0.39, 0.29) is 6.04 Å². The molecular weight excluding hydrogens is 246 g/mol. The maximum Gasteiger partial charge on any atom is 0.225 e. The van der Waals surface area contributed by atoms with Gasteiger partial charge in [-0.25, -0.2) is 9.97 Å². The van der Waals surface area contributed by atoms with Gasteiger partial charge in [0.2, 0.25) is 5.95 Å². The molecule has 5 nitrogen and oxygen atoms in total. The van der Waals surface area contributed by atoms with Crippen LogP contribution in [0.4, 0.5) is 5.95 Å². The summed E-state index contributed by atoms with van der Waals surface area (Å²) < 4.78 is 0. The van der Waals surface area contributed by atoms with Gasteiger partial charge in [-0.2, -0.15) is 0 Å². The minimum absolute atomic E-state index is 0.255. The summed E-state index contributed by atoms with van der Waals surface area (Å²) in [7, 11) is 0. The lowest BCUT2D eigenvalue weighted by atomic mass is 10.3. The summed E-state index contributed by atoms with van der Waals surface area (Å²) in [5.41, 5.74) is 6.89. The van der Waals surface area contributed by atoms with Crippen LogP contribution in [0, 0.1) is 0 Å². The van der Waals surface area contributed by atoms with E-state index in [1.165, 1.54) is 4.91 Å². The fourth-order valence-electron chi connectivity index (χ4n) is 2.19. The number of thioether (sulfide) groups is 1. The molecule has 1 aromatic rings. The molecule has 6 heteroatoms. The zero-order valence-corrected chi connectivity index (χ0v) is 11.0. The van der Waals surface area contributed by atoms with Crippen molar-refractivity contribution < 1.29 is 0 Å². The van der Waals surface area contributed by atoms with Gasteiger partial charge in [-0.05, 0) is 18.6 Å². The molecule has 3 rings (SSSR count). The molecule has 0 aromatic carbocycles. The lowest BCUT2D eigenvalue weighted by Gasteiger charge is -2.15. The van der Waals surface area contributed by atoms with Gasteiger partial charge in [-0.15, -0.1) is 11.8 Å². The van der Waals surface area contributed by atoms with E-state index in [0.717, 1.165) is 43.6 Å². The van der Waals surface area contributed by atoms with Gasteiger partial charge >= 0.3 is 0 Å². The second-order valence-electron chi connectivity index (χ2n) is 4.60. The highest BCUT2D eigenvalue weighted by molar-refractivity contribution is 8.03. The summed E-state index contributed by atoms with van der Waals surface area (Å²) in [6.07, 6.45) is 4.98. The molecule has 2 saturated heterocycles. The standard InChI is InChI=1S/C12H17N5S/c13-9-2-4-17(7-9)12-15-3-1-10(16-12)5-11-6-14-8-18-11/h1,3,5,9,14H,2,4,6-8,13H2/b11-5-. The van der Waals surface area contributed by atoms with Crippen molar-refractivity contribution in [2.75, 3.05) is 30.4 Å². The highest BCUT2D eigenvalue weighted by Gasteiger charge is 2.21. The van der Waals surface area contributed by atoms with Crippen LogP contribution < -0.4 is 16.0 Å². The van der Waals surface area contributed by atoms with Crippen molar-refractivity contribution in [3.8, 4) is 0 Å². The number of nitrogens with two attached hydrogens (primary N) is 1. The number of anilines is 1. The SMILES string of the molecule is NC1CCN(c2nccc(/C=C3/CNCS3)n2)C1. The molecule has 2 aliphatic rings. The molecule has 0 aliphatic carbocycles. The third-order valence-electron chi connectivity index (χ3n) is 3.14. The molecule has 2 fully saturated rings. The number of nitrogens with zero attached hydrogens (tertiary/aromatic N) is 3. The van der Waals surface area contributed by atoms with Crippen molar-refractivity contribution in [1.29, 1.82) is 0 Å². The summed E-state index contributed by atoms with van der Waals surface area (Å²) in [6.45, 7) is 2.76. The van der Waals surface area contributed by atoms with Gasteiger partial charge in [0.25, 0.3) is 0 Å². The highest BCUT2D eigenvalue weighted by Crippen LogP contribution is 2.22. The Labute approximate surface area is 111 Å². The average Bonchev–Trinajstić information content (AvgIpc) is 3.01. The summed E-state index contributed by atoms with van der Waals surface area (Å²) >= 11 is 1.83. The predicted octanol–water partition coefficient (Wildman–Crippen LogP) is 0.649. The van der Waals surface area contributed by atoms with Crippen LogP contribution in [-0.4, -0.2) is 41.5 Å². The molecule has 96 valence electrons. The third kappa shape index (κ3) is 2.66. The van der Waals surface area contributed by atoms with E-state index < -0.39 is 0 Å². The van der Waals surface area contributed by atoms with Crippen LogP contribution in [0.1, 0.15) is 12.1 Å². The van der Waals surface area contributed by atoms with Gasteiger partial charge in [0, 0.05) is 42.7 Å². The summed E-state index contributed by atoms with van der Waals surface area (Å²) in [6, 6.07) is 2.20. The first-order chi connectivity index (χ1) is 8.81. The lowest BCUT2D eigenvalue weighted by molar-refractivity contribution is 0.750. The Morgan fingerprint density at radius 2 is 2.50 bits per heavy atom. The Morgan fingerprint density at radius 1 is 1.56 bits per heavy atom. The average molecular weight is 263 g/mol. The van der Waals surface area contributed by atoms with Crippen molar-refractivity contribution in [2.24, 2.45) is 5.73 Å². The van der Waals surface area contributed by atoms with E-state index >= 15 is 0 Å². The van der Waals surface area contributed by atoms with Crippen LogP contribution in [0.5, 0.6) is 0 Å². The van der Waals surface area contributed by atoms with Crippen LogP contribution in [0.3, 0.4) is 0 Å². The number of aromatic nitrogens is 2. The fraction of sp³-hybridized carbons (Fsp3) is 0.500. The molecule has 1 unspecified atom stereocenters. The summed E-state index contributed by atoms with van der Waals surface area (Å²) in [4.78, 5) is 12.4. The maximum absolute atomic E-state index is 5.91. The van der Waals surface area contributed by atoms with E-state index in [1.54, 1.807) is 0 Å². The topological polar surface area (TPSA) is 67.1 Å². The monoisotopic (exact) mass is 263 g/mol. The maximum atomic E-state index is 5.91.